The van der Waals surface area contributed by atoms with Crippen LogP contribution in [0.25, 0.3) is 0 Å². The normalized spacial score (nSPS) is 12.3. The van der Waals surface area contributed by atoms with E-state index < -0.39 is 6.10 Å². The Hall–Kier alpha value is -2.37. The Kier molecular flexibility index (Phi) is 43.4. The van der Waals surface area contributed by atoms with Crippen LogP contribution in [0.15, 0.2) is 36.5 Å². The van der Waals surface area contributed by atoms with Gasteiger partial charge in [-0.1, -0.05) is 192 Å². The van der Waals surface area contributed by atoms with Crippen molar-refractivity contribution < 1.29 is 28.6 Å². The lowest BCUT2D eigenvalue weighted by Gasteiger charge is -2.18. The van der Waals surface area contributed by atoms with Crippen molar-refractivity contribution in [3.8, 4) is 0 Å². The lowest BCUT2D eigenvalue weighted by atomic mass is 10.1. The number of hydrogen-bond acceptors (Lipinski definition) is 6. The highest BCUT2D eigenvalue weighted by molar-refractivity contribution is 5.71. The van der Waals surface area contributed by atoms with E-state index >= 15 is 0 Å². The van der Waals surface area contributed by atoms with Crippen LogP contribution in [0.3, 0.4) is 0 Å². The molecule has 0 radical (unpaired) electrons. The fraction of sp³-hybridized carbons (Fsp3) is 0.820. The number of ether oxygens (including phenoxy) is 3. The molecule has 0 aromatic rings. The molecule has 56 heavy (non-hydrogen) atoms. The SMILES string of the molecule is CCCCC/C=C\CCCCCCCC(=O)OC(COC(=O)CCCCC/C=C\C=C/CCCCCCCCC)COC(=O)CCCCCCCCCCCC. The molecule has 0 bridgehead atoms. The van der Waals surface area contributed by atoms with Gasteiger partial charge in [-0.15, -0.1) is 0 Å². The molecule has 0 aromatic heterocycles. The second-order valence-electron chi connectivity index (χ2n) is 16.0. The molecule has 0 saturated carbocycles. The van der Waals surface area contributed by atoms with Crippen molar-refractivity contribution in [3.05, 3.63) is 36.5 Å². The number of unbranched alkanes of at least 4 members (excludes halogenated alkanes) is 27. The number of allylic oxidation sites excluding steroid dienone is 6. The molecule has 0 heterocycles. The standard InChI is InChI=1S/C50H90O6/c1-4-7-10-13-16-19-22-24-25-26-27-29-31-34-37-40-43-49(52)55-46-47(45-54-48(51)42-39-36-33-30-21-18-15-12-9-6-3)56-50(53)44-41-38-35-32-28-23-20-17-14-11-8-5-2/h17,20,25-27,29,47H,4-16,18-19,21-24,28,30-46H2,1-3H3/b20-17-,26-25-,29-27-. The van der Waals surface area contributed by atoms with E-state index in [2.05, 4.69) is 57.2 Å². The summed E-state index contributed by atoms with van der Waals surface area (Å²) in [7, 11) is 0. The van der Waals surface area contributed by atoms with Gasteiger partial charge in [-0.2, -0.15) is 0 Å². The third-order valence-electron chi connectivity index (χ3n) is 10.4. The summed E-state index contributed by atoms with van der Waals surface area (Å²) in [5.74, 6) is -0.916. The summed E-state index contributed by atoms with van der Waals surface area (Å²) in [6.45, 7) is 6.57. The van der Waals surface area contributed by atoms with Crippen LogP contribution in [-0.4, -0.2) is 37.2 Å². The van der Waals surface area contributed by atoms with Crippen molar-refractivity contribution in [3.63, 3.8) is 0 Å². The summed E-state index contributed by atoms with van der Waals surface area (Å²) < 4.78 is 16.7. The molecule has 0 spiro atoms. The maximum Gasteiger partial charge on any atom is 0.306 e. The largest absolute Gasteiger partial charge is 0.462 e. The van der Waals surface area contributed by atoms with Gasteiger partial charge in [0.1, 0.15) is 13.2 Å². The van der Waals surface area contributed by atoms with Crippen LogP contribution in [-0.2, 0) is 28.6 Å². The van der Waals surface area contributed by atoms with Crippen molar-refractivity contribution in [2.75, 3.05) is 13.2 Å². The number of hydrogen-bond donors (Lipinski definition) is 0. The molecule has 326 valence electrons. The van der Waals surface area contributed by atoms with E-state index in [1.807, 2.05) is 0 Å². The molecule has 0 N–H and O–H groups in total. The lowest BCUT2D eigenvalue weighted by molar-refractivity contribution is -0.167. The molecule has 0 amide bonds. The molecule has 0 fully saturated rings. The van der Waals surface area contributed by atoms with Crippen LogP contribution in [0.2, 0.25) is 0 Å². The summed E-state index contributed by atoms with van der Waals surface area (Å²) >= 11 is 0. The Labute approximate surface area is 346 Å². The first kappa shape index (κ1) is 53.6. The van der Waals surface area contributed by atoms with E-state index in [0.717, 1.165) is 83.5 Å². The zero-order valence-electron chi connectivity index (χ0n) is 37.2. The van der Waals surface area contributed by atoms with Gasteiger partial charge < -0.3 is 14.2 Å². The monoisotopic (exact) mass is 787 g/mol. The lowest BCUT2D eigenvalue weighted by Crippen LogP contribution is -2.30. The summed E-state index contributed by atoms with van der Waals surface area (Å²) in [4.78, 5) is 37.7. The highest BCUT2D eigenvalue weighted by atomic mass is 16.6. The van der Waals surface area contributed by atoms with Gasteiger partial charge in [-0.3, -0.25) is 14.4 Å². The molecule has 1 unspecified atom stereocenters. The van der Waals surface area contributed by atoms with Gasteiger partial charge in [0, 0.05) is 19.3 Å². The van der Waals surface area contributed by atoms with Gasteiger partial charge in [-0.05, 0) is 70.6 Å². The van der Waals surface area contributed by atoms with Gasteiger partial charge in [0.15, 0.2) is 6.10 Å². The van der Waals surface area contributed by atoms with Crippen molar-refractivity contribution >= 4 is 17.9 Å². The van der Waals surface area contributed by atoms with Crippen LogP contribution < -0.4 is 0 Å². The molecule has 0 aliphatic rings. The zero-order valence-corrected chi connectivity index (χ0v) is 37.2. The van der Waals surface area contributed by atoms with Gasteiger partial charge in [-0.25, -0.2) is 0 Å². The molecular formula is C50H90O6. The van der Waals surface area contributed by atoms with Gasteiger partial charge in [0.25, 0.3) is 0 Å². The van der Waals surface area contributed by atoms with Gasteiger partial charge in [0.2, 0.25) is 0 Å². The Morgan fingerprint density at radius 1 is 0.357 bits per heavy atom. The third kappa shape index (κ3) is 42.8. The molecule has 6 nitrogen and oxygen atoms in total. The number of rotatable bonds is 43. The van der Waals surface area contributed by atoms with Crippen molar-refractivity contribution in [1.82, 2.24) is 0 Å². The van der Waals surface area contributed by atoms with Crippen LogP contribution >= 0.6 is 0 Å². The van der Waals surface area contributed by atoms with E-state index in [9.17, 15) is 14.4 Å². The Bertz CT molecular complexity index is 953. The Balaban J connectivity index is 4.39. The van der Waals surface area contributed by atoms with E-state index in [0.29, 0.717) is 19.3 Å². The molecule has 0 aliphatic carbocycles. The number of carbonyl (C=O) groups is 3. The third-order valence-corrected chi connectivity index (χ3v) is 10.4. The second kappa shape index (κ2) is 45.3. The highest BCUT2D eigenvalue weighted by Gasteiger charge is 2.19. The predicted molar refractivity (Wildman–Crippen MR) is 238 cm³/mol. The topological polar surface area (TPSA) is 78.9 Å². The molecule has 0 aromatic carbocycles. The molecule has 6 heteroatoms. The maximum atomic E-state index is 12.7. The number of carbonyl (C=O) groups excluding carboxylic acids is 3. The zero-order chi connectivity index (χ0) is 40.8. The van der Waals surface area contributed by atoms with Crippen molar-refractivity contribution in [2.45, 2.75) is 252 Å². The van der Waals surface area contributed by atoms with E-state index in [-0.39, 0.29) is 31.1 Å². The smallest absolute Gasteiger partial charge is 0.306 e. The van der Waals surface area contributed by atoms with E-state index in [1.165, 1.54) is 122 Å². The van der Waals surface area contributed by atoms with Crippen molar-refractivity contribution in [2.24, 2.45) is 0 Å². The fourth-order valence-corrected chi connectivity index (χ4v) is 6.72. The molecule has 1 atom stereocenters. The summed E-state index contributed by atoms with van der Waals surface area (Å²) in [6, 6.07) is 0. The predicted octanol–water partition coefficient (Wildman–Crippen LogP) is 15.4. The minimum Gasteiger partial charge on any atom is -0.462 e. The van der Waals surface area contributed by atoms with Crippen LogP contribution in [0.1, 0.15) is 245 Å². The van der Waals surface area contributed by atoms with Crippen molar-refractivity contribution in [1.29, 1.82) is 0 Å². The highest BCUT2D eigenvalue weighted by Crippen LogP contribution is 2.14. The van der Waals surface area contributed by atoms with Crippen LogP contribution in [0, 0.1) is 0 Å². The molecule has 0 aliphatic heterocycles. The summed E-state index contributed by atoms with van der Waals surface area (Å²) in [5, 5.41) is 0. The minimum absolute atomic E-state index is 0.0819. The average Bonchev–Trinajstić information content (AvgIpc) is 3.19. The fourth-order valence-electron chi connectivity index (χ4n) is 6.72. The first-order valence-electron chi connectivity index (χ1n) is 24.0. The second-order valence-corrected chi connectivity index (χ2v) is 16.0. The van der Waals surface area contributed by atoms with Crippen LogP contribution in [0.4, 0.5) is 0 Å². The molecular weight excluding hydrogens is 697 g/mol. The quantitative estimate of drug-likeness (QED) is 0.0201. The minimum atomic E-state index is -0.781. The van der Waals surface area contributed by atoms with Crippen LogP contribution in [0.5, 0.6) is 0 Å². The summed E-state index contributed by atoms with van der Waals surface area (Å²) in [5.41, 5.74) is 0. The average molecular weight is 787 g/mol. The van der Waals surface area contributed by atoms with E-state index in [1.54, 1.807) is 0 Å². The summed E-state index contributed by atoms with van der Waals surface area (Å²) in [6.07, 6.45) is 51.2. The van der Waals surface area contributed by atoms with Gasteiger partial charge >= 0.3 is 17.9 Å². The maximum absolute atomic E-state index is 12.7. The molecule has 0 rings (SSSR count). The van der Waals surface area contributed by atoms with Gasteiger partial charge in [0.05, 0.1) is 0 Å². The Morgan fingerprint density at radius 2 is 0.643 bits per heavy atom. The first-order chi connectivity index (χ1) is 27.5. The first-order valence-corrected chi connectivity index (χ1v) is 24.0. The van der Waals surface area contributed by atoms with E-state index in [4.69, 9.17) is 14.2 Å². The number of esters is 3. The Morgan fingerprint density at radius 3 is 1.05 bits per heavy atom. The molecule has 0 saturated heterocycles.